The van der Waals surface area contributed by atoms with E-state index < -0.39 is 42.1 Å². The summed E-state index contributed by atoms with van der Waals surface area (Å²) in [7, 11) is 1.53. The van der Waals surface area contributed by atoms with Crippen molar-refractivity contribution in [1.29, 1.82) is 5.26 Å². The van der Waals surface area contributed by atoms with Gasteiger partial charge in [0.05, 0.1) is 13.2 Å². The normalized spacial score (nSPS) is 12.3. The molecule has 220 valence electrons. The number of aryl methyl sites for hydroxylation is 1. The number of carbonyl (C=O) groups excluding carboxylic acids is 3. The number of nitriles is 1. The predicted molar refractivity (Wildman–Crippen MR) is 158 cm³/mol. The Kier molecular flexibility index (Phi) is 10.5. The van der Waals surface area contributed by atoms with Crippen LogP contribution in [0.5, 0.6) is 11.5 Å². The number of hydrogen-bond acceptors (Lipinski definition) is 7. The highest BCUT2D eigenvalue weighted by Crippen LogP contribution is 2.26. The Morgan fingerprint density at radius 1 is 0.976 bits per heavy atom. The van der Waals surface area contributed by atoms with Gasteiger partial charge in [0.1, 0.15) is 35.7 Å². The van der Waals surface area contributed by atoms with Gasteiger partial charge < -0.3 is 30.1 Å². The molecule has 0 saturated heterocycles. The number of phenolic OH excluding ortho intramolecular Hbond substituents is 1. The lowest BCUT2D eigenvalue weighted by Gasteiger charge is -2.33. The molecule has 0 aromatic heterocycles. The molecule has 2 atom stereocenters. The number of alkyl carbamates (subject to hydrolysis) is 1. The largest absolute Gasteiger partial charge is 0.508 e. The van der Waals surface area contributed by atoms with Gasteiger partial charge in [0.15, 0.2) is 0 Å². The standard InChI is InChI=1S/C32H36N4O6/c1-21-6-10-23(11-7-21)28(29(38)34-24-12-16-26(41-5)17-13-24)36(19-18-33)30(39)27(35-31(40)42-32(2,3)4)20-22-8-14-25(37)15-9-22/h6-17,27-28,37H,19-20H2,1-5H3,(H,34,38)(H,35,40). The fourth-order valence-electron chi connectivity index (χ4n) is 4.20. The predicted octanol–water partition coefficient (Wildman–Crippen LogP) is 4.88. The Labute approximate surface area is 245 Å². The van der Waals surface area contributed by atoms with Gasteiger partial charge in [0.2, 0.25) is 5.91 Å². The summed E-state index contributed by atoms with van der Waals surface area (Å²) in [5.41, 5.74) is 1.70. The number of rotatable bonds is 10. The number of hydrogen-bond donors (Lipinski definition) is 3. The minimum atomic E-state index is -1.21. The van der Waals surface area contributed by atoms with Gasteiger partial charge in [-0.2, -0.15) is 5.26 Å². The lowest BCUT2D eigenvalue weighted by Crippen LogP contribution is -2.53. The van der Waals surface area contributed by atoms with Crippen molar-refractivity contribution < 1.29 is 29.0 Å². The summed E-state index contributed by atoms with van der Waals surface area (Å²) in [4.78, 5) is 42.0. The highest BCUT2D eigenvalue weighted by atomic mass is 16.6. The number of phenols is 1. The molecule has 42 heavy (non-hydrogen) atoms. The first-order chi connectivity index (χ1) is 19.9. The van der Waals surface area contributed by atoms with Crippen molar-refractivity contribution in [2.24, 2.45) is 0 Å². The van der Waals surface area contributed by atoms with Crippen LogP contribution in [-0.2, 0) is 20.7 Å². The fourth-order valence-corrected chi connectivity index (χ4v) is 4.20. The Hall–Kier alpha value is -5.04. The van der Waals surface area contributed by atoms with Crippen LogP contribution >= 0.6 is 0 Å². The third-order valence-corrected chi connectivity index (χ3v) is 6.20. The molecule has 0 heterocycles. The van der Waals surface area contributed by atoms with Crippen molar-refractivity contribution >= 4 is 23.6 Å². The van der Waals surface area contributed by atoms with Crippen LogP contribution in [-0.4, -0.2) is 53.2 Å². The number of amides is 3. The molecule has 10 heteroatoms. The van der Waals surface area contributed by atoms with E-state index in [0.717, 1.165) is 10.5 Å². The van der Waals surface area contributed by atoms with Crippen LogP contribution in [0.2, 0.25) is 0 Å². The van der Waals surface area contributed by atoms with Crippen LogP contribution in [0.15, 0.2) is 72.8 Å². The number of ether oxygens (including phenoxy) is 2. The molecule has 2 unspecified atom stereocenters. The van der Waals surface area contributed by atoms with Crippen LogP contribution in [0.1, 0.15) is 43.5 Å². The van der Waals surface area contributed by atoms with Gasteiger partial charge in [-0.1, -0.05) is 42.0 Å². The van der Waals surface area contributed by atoms with Gasteiger partial charge in [-0.15, -0.1) is 0 Å². The first-order valence-corrected chi connectivity index (χ1v) is 13.4. The molecule has 0 saturated carbocycles. The van der Waals surface area contributed by atoms with Gasteiger partial charge in [-0.25, -0.2) is 4.79 Å². The SMILES string of the molecule is COc1ccc(NC(=O)C(c2ccc(C)cc2)N(CC#N)C(=O)C(Cc2ccc(O)cc2)NC(=O)OC(C)(C)C)cc1. The van der Waals surface area contributed by atoms with Crippen LogP contribution < -0.4 is 15.4 Å². The van der Waals surface area contributed by atoms with Crippen molar-refractivity contribution in [3.8, 4) is 17.6 Å². The minimum absolute atomic E-state index is 0.0149. The quantitative estimate of drug-likeness (QED) is 0.294. The minimum Gasteiger partial charge on any atom is -0.508 e. The van der Waals surface area contributed by atoms with E-state index in [2.05, 4.69) is 10.6 Å². The van der Waals surface area contributed by atoms with Crippen molar-refractivity contribution in [2.75, 3.05) is 19.0 Å². The van der Waals surface area contributed by atoms with Crippen LogP contribution in [0.4, 0.5) is 10.5 Å². The lowest BCUT2D eigenvalue weighted by atomic mass is 9.99. The summed E-state index contributed by atoms with van der Waals surface area (Å²) in [5.74, 6) is -0.559. The Morgan fingerprint density at radius 3 is 2.14 bits per heavy atom. The molecule has 3 rings (SSSR count). The van der Waals surface area contributed by atoms with Crippen LogP contribution in [0, 0.1) is 18.3 Å². The monoisotopic (exact) mass is 572 g/mol. The Balaban J connectivity index is 2.02. The number of nitrogens with one attached hydrogen (secondary N) is 2. The zero-order valence-electron chi connectivity index (χ0n) is 24.4. The second kappa shape index (κ2) is 14.0. The molecule has 0 fully saturated rings. The summed E-state index contributed by atoms with van der Waals surface area (Å²) >= 11 is 0. The Bertz CT molecular complexity index is 1410. The molecule has 10 nitrogen and oxygen atoms in total. The highest BCUT2D eigenvalue weighted by Gasteiger charge is 2.36. The van der Waals surface area contributed by atoms with E-state index >= 15 is 0 Å². The number of aromatic hydroxyl groups is 1. The fraction of sp³-hybridized carbons (Fsp3) is 0.312. The summed E-state index contributed by atoms with van der Waals surface area (Å²) < 4.78 is 10.6. The molecule has 0 radical (unpaired) electrons. The zero-order chi connectivity index (χ0) is 30.9. The third-order valence-electron chi connectivity index (χ3n) is 6.20. The van der Waals surface area contributed by atoms with Gasteiger partial charge >= 0.3 is 6.09 Å². The van der Waals surface area contributed by atoms with Gasteiger partial charge in [0, 0.05) is 12.1 Å². The second-order valence-electron chi connectivity index (χ2n) is 10.7. The first-order valence-electron chi connectivity index (χ1n) is 13.4. The molecule has 3 amide bonds. The molecule has 0 spiro atoms. The molecular weight excluding hydrogens is 536 g/mol. The zero-order valence-corrected chi connectivity index (χ0v) is 24.4. The molecule has 0 aliphatic heterocycles. The number of anilines is 1. The van der Waals surface area contributed by atoms with Gasteiger partial charge in [0.25, 0.3) is 5.91 Å². The average molecular weight is 573 g/mol. The topological polar surface area (TPSA) is 141 Å². The first kappa shape index (κ1) is 31.5. The van der Waals surface area contributed by atoms with Gasteiger partial charge in [-0.3, -0.25) is 9.59 Å². The van der Waals surface area contributed by atoms with E-state index in [1.807, 2.05) is 25.1 Å². The van der Waals surface area contributed by atoms with E-state index in [4.69, 9.17) is 9.47 Å². The maximum Gasteiger partial charge on any atom is 0.408 e. The molecular formula is C32H36N4O6. The van der Waals surface area contributed by atoms with Crippen molar-refractivity contribution in [3.05, 3.63) is 89.5 Å². The van der Waals surface area contributed by atoms with E-state index in [1.54, 1.807) is 69.3 Å². The van der Waals surface area contributed by atoms with Crippen LogP contribution in [0.25, 0.3) is 0 Å². The maximum atomic E-state index is 14.2. The van der Waals surface area contributed by atoms with E-state index in [-0.39, 0.29) is 12.2 Å². The number of methoxy groups -OCH3 is 1. The number of carbonyl (C=O) groups is 3. The van der Waals surface area contributed by atoms with Gasteiger partial charge in [-0.05, 0) is 75.2 Å². The summed E-state index contributed by atoms with van der Waals surface area (Å²) in [5, 5.41) is 24.9. The maximum absolute atomic E-state index is 14.2. The van der Waals surface area contributed by atoms with E-state index in [0.29, 0.717) is 22.6 Å². The summed E-state index contributed by atoms with van der Waals surface area (Å²) in [6, 6.07) is 19.5. The summed E-state index contributed by atoms with van der Waals surface area (Å²) in [6.07, 6.45) is -0.813. The van der Waals surface area contributed by atoms with Crippen molar-refractivity contribution in [2.45, 2.75) is 51.8 Å². The second-order valence-corrected chi connectivity index (χ2v) is 10.7. The molecule has 3 aromatic carbocycles. The smallest absolute Gasteiger partial charge is 0.408 e. The summed E-state index contributed by atoms with van der Waals surface area (Å²) in [6.45, 7) is 6.55. The molecule has 3 N–H and O–H groups in total. The third kappa shape index (κ3) is 8.99. The number of benzene rings is 3. The Morgan fingerprint density at radius 2 is 1.60 bits per heavy atom. The lowest BCUT2D eigenvalue weighted by molar-refractivity contribution is -0.140. The average Bonchev–Trinajstić information content (AvgIpc) is 2.93. The van der Waals surface area contributed by atoms with E-state index in [1.165, 1.54) is 19.2 Å². The molecule has 0 aliphatic carbocycles. The molecule has 3 aromatic rings. The number of nitrogens with zero attached hydrogens (tertiary/aromatic N) is 2. The highest BCUT2D eigenvalue weighted by molar-refractivity contribution is 5.99. The van der Waals surface area contributed by atoms with Crippen LogP contribution in [0.3, 0.4) is 0 Å². The van der Waals surface area contributed by atoms with Crippen molar-refractivity contribution in [1.82, 2.24) is 10.2 Å². The molecule has 0 bridgehead atoms. The molecule has 0 aliphatic rings. The van der Waals surface area contributed by atoms with Crippen molar-refractivity contribution in [3.63, 3.8) is 0 Å². The van der Waals surface area contributed by atoms with E-state index in [9.17, 15) is 24.8 Å².